The smallest absolute Gasteiger partial charge is 0.126 e. The van der Waals surface area contributed by atoms with Gasteiger partial charge in [0, 0.05) is 0 Å². The van der Waals surface area contributed by atoms with Crippen molar-refractivity contribution < 1.29 is 9.50 Å². The second-order valence-corrected chi connectivity index (χ2v) is 4.27. The summed E-state index contributed by atoms with van der Waals surface area (Å²) in [5, 5.41) is 10.2. The highest BCUT2D eigenvalue weighted by molar-refractivity contribution is 5.36. The molecule has 0 saturated heterocycles. The van der Waals surface area contributed by atoms with Gasteiger partial charge in [0.15, 0.2) is 0 Å². The minimum atomic E-state index is -0.772. The van der Waals surface area contributed by atoms with E-state index in [0.29, 0.717) is 11.1 Å². The van der Waals surface area contributed by atoms with Gasteiger partial charge in [-0.3, -0.25) is 0 Å². The summed E-state index contributed by atoms with van der Waals surface area (Å²) in [7, 11) is 0. The minimum absolute atomic E-state index is 0.282. The van der Waals surface area contributed by atoms with Gasteiger partial charge in [0.05, 0.1) is 0 Å². The SMILES string of the molecule is Cc1ccc(C(O)c2ccccc2C)cc1F. The average Bonchev–Trinajstić information content (AvgIpc) is 2.32. The Morgan fingerprint density at radius 2 is 1.71 bits per heavy atom. The number of halogens is 1. The topological polar surface area (TPSA) is 20.2 Å². The molecule has 0 aliphatic carbocycles. The van der Waals surface area contributed by atoms with Crippen molar-refractivity contribution >= 4 is 0 Å². The summed E-state index contributed by atoms with van der Waals surface area (Å²) >= 11 is 0. The van der Waals surface area contributed by atoms with Crippen LogP contribution < -0.4 is 0 Å². The maximum Gasteiger partial charge on any atom is 0.126 e. The molecule has 0 fully saturated rings. The first-order chi connectivity index (χ1) is 8.09. The van der Waals surface area contributed by atoms with Gasteiger partial charge in [0.2, 0.25) is 0 Å². The van der Waals surface area contributed by atoms with E-state index in [-0.39, 0.29) is 5.82 Å². The van der Waals surface area contributed by atoms with E-state index in [1.54, 1.807) is 19.1 Å². The van der Waals surface area contributed by atoms with Gasteiger partial charge in [-0.05, 0) is 42.2 Å². The van der Waals surface area contributed by atoms with Crippen LogP contribution in [0, 0.1) is 19.7 Å². The number of aryl methyl sites for hydroxylation is 2. The molecule has 0 bridgehead atoms. The molecule has 17 heavy (non-hydrogen) atoms. The van der Waals surface area contributed by atoms with Gasteiger partial charge in [0.1, 0.15) is 11.9 Å². The lowest BCUT2D eigenvalue weighted by molar-refractivity contribution is 0.219. The van der Waals surface area contributed by atoms with Crippen LogP contribution >= 0.6 is 0 Å². The number of benzene rings is 2. The molecule has 2 aromatic rings. The molecule has 2 rings (SSSR count). The summed E-state index contributed by atoms with van der Waals surface area (Å²) in [4.78, 5) is 0. The molecule has 2 aromatic carbocycles. The van der Waals surface area contributed by atoms with Crippen LogP contribution in [0.1, 0.15) is 28.4 Å². The fourth-order valence-corrected chi connectivity index (χ4v) is 1.85. The van der Waals surface area contributed by atoms with Gasteiger partial charge in [-0.2, -0.15) is 0 Å². The van der Waals surface area contributed by atoms with Crippen LogP contribution in [-0.4, -0.2) is 5.11 Å². The van der Waals surface area contributed by atoms with E-state index in [1.807, 2.05) is 31.2 Å². The molecule has 1 atom stereocenters. The highest BCUT2D eigenvalue weighted by atomic mass is 19.1. The molecule has 0 aromatic heterocycles. The third-order valence-corrected chi connectivity index (χ3v) is 2.99. The van der Waals surface area contributed by atoms with E-state index >= 15 is 0 Å². The highest BCUT2D eigenvalue weighted by Crippen LogP contribution is 2.25. The van der Waals surface area contributed by atoms with Gasteiger partial charge in [0.25, 0.3) is 0 Å². The number of hydrogen-bond acceptors (Lipinski definition) is 1. The first-order valence-electron chi connectivity index (χ1n) is 5.59. The van der Waals surface area contributed by atoms with Crippen molar-refractivity contribution in [2.75, 3.05) is 0 Å². The molecule has 1 nitrogen and oxygen atoms in total. The van der Waals surface area contributed by atoms with Gasteiger partial charge < -0.3 is 5.11 Å². The molecular weight excluding hydrogens is 215 g/mol. The molecule has 0 spiro atoms. The van der Waals surface area contributed by atoms with Crippen LogP contribution in [-0.2, 0) is 0 Å². The van der Waals surface area contributed by atoms with Crippen molar-refractivity contribution in [3.8, 4) is 0 Å². The number of aliphatic hydroxyl groups excluding tert-OH is 1. The van der Waals surface area contributed by atoms with Crippen molar-refractivity contribution in [1.29, 1.82) is 0 Å². The fourth-order valence-electron chi connectivity index (χ4n) is 1.85. The van der Waals surface area contributed by atoms with Crippen LogP contribution in [0.2, 0.25) is 0 Å². The maximum absolute atomic E-state index is 13.4. The zero-order chi connectivity index (χ0) is 12.4. The molecule has 2 heteroatoms. The Bertz CT molecular complexity index is 534. The molecule has 1 unspecified atom stereocenters. The zero-order valence-electron chi connectivity index (χ0n) is 9.94. The van der Waals surface area contributed by atoms with E-state index in [0.717, 1.165) is 11.1 Å². The van der Waals surface area contributed by atoms with E-state index in [4.69, 9.17) is 0 Å². The Labute approximate surface area is 101 Å². The Hall–Kier alpha value is -1.67. The molecule has 0 heterocycles. The zero-order valence-corrected chi connectivity index (χ0v) is 9.94. The predicted octanol–water partition coefficient (Wildman–Crippen LogP) is 3.52. The first-order valence-corrected chi connectivity index (χ1v) is 5.59. The first kappa shape index (κ1) is 11.8. The van der Waals surface area contributed by atoms with Crippen LogP contribution in [0.25, 0.3) is 0 Å². The van der Waals surface area contributed by atoms with E-state index in [1.165, 1.54) is 6.07 Å². The molecule has 1 N–H and O–H groups in total. The van der Waals surface area contributed by atoms with Crippen molar-refractivity contribution in [2.45, 2.75) is 20.0 Å². The van der Waals surface area contributed by atoms with Gasteiger partial charge in [-0.1, -0.05) is 36.4 Å². The minimum Gasteiger partial charge on any atom is -0.384 e. The largest absolute Gasteiger partial charge is 0.384 e. The van der Waals surface area contributed by atoms with E-state index in [2.05, 4.69) is 0 Å². The molecule has 88 valence electrons. The van der Waals surface area contributed by atoms with Crippen molar-refractivity contribution in [3.05, 3.63) is 70.5 Å². The lowest BCUT2D eigenvalue weighted by Crippen LogP contribution is -2.02. The predicted molar refractivity (Wildman–Crippen MR) is 66.4 cm³/mol. The standard InChI is InChI=1S/C15H15FO/c1-10-5-3-4-6-13(10)15(17)12-8-7-11(2)14(16)9-12/h3-9,15,17H,1-2H3. The number of hydrogen-bond donors (Lipinski definition) is 1. The van der Waals surface area contributed by atoms with Crippen LogP contribution in [0.15, 0.2) is 42.5 Å². The Morgan fingerprint density at radius 3 is 2.35 bits per heavy atom. The summed E-state index contributed by atoms with van der Waals surface area (Å²) < 4.78 is 13.4. The third-order valence-electron chi connectivity index (χ3n) is 2.99. The van der Waals surface area contributed by atoms with E-state index in [9.17, 15) is 9.50 Å². The van der Waals surface area contributed by atoms with Crippen LogP contribution in [0.3, 0.4) is 0 Å². The van der Waals surface area contributed by atoms with Gasteiger partial charge in [-0.25, -0.2) is 4.39 Å². The summed E-state index contributed by atoms with van der Waals surface area (Å²) in [5.74, 6) is -0.282. The Kier molecular flexibility index (Phi) is 3.25. The van der Waals surface area contributed by atoms with Crippen molar-refractivity contribution in [2.24, 2.45) is 0 Å². The summed E-state index contributed by atoms with van der Waals surface area (Å²) in [6.45, 7) is 3.64. The maximum atomic E-state index is 13.4. The van der Waals surface area contributed by atoms with E-state index < -0.39 is 6.10 Å². The molecule has 0 saturated carbocycles. The molecular formula is C15H15FO. The molecule has 0 amide bonds. The van der Waals surface area contributed by atoms with Crippen molar-refractivity contribution in [1.82, 2.24) is 0 Å². The Morgan fingerprint density at radius 1 is 1.00 bits per heavy atom. The monoisotopic (exact) mass is 230 g/mol. The number of aliphatic hydroxyl groups is 1. The lowest BCUT2D eigenvalue weighted by atomic mass is 9.97. The van der Waals surface area contributed by atoms with Crippen LogP contribution in [0.5, 0.6) is 0 Å². The van der Waals surface area contributed by atoms with Crippen molar-refractivity contribution in [3.63, 3.8) is 0 Å². The van der Waals surface area contributed by atoms with Gasteiger partial charge in [-0.15, -0.1) is 0 Å². The van der Waals surface area contributed by atoms with Gasteiger partial charge >= 0.3 is 0 Å². The third kappa shape index (κ3) is 2.37. The lowest BCUT2D eigenvalue weighted by Gasteiger charge is -2.14. The molecule has 0 aliphatic heterocycles. The summed E-state index contributed by atoms with van der Waals surface area (Å²) in [6.07, 6.45) is -0.772. The molecule has 0 aliphatic rings. The fraction of sp³-hybridized carbons (Fsp3) is 0.200. The summed E-state index contributed by atoms with van der Waals surface area (Å²) in [6, 6.07) is 12.4. The Balaban J connectivity index is 2.40. The normalized spacial score (nSPS) is 12.5. The average molecular weight is 230 g/mol. The summed E-state index contributed by atoms with van der Waals surface area (Å²) in [5.41, 5.74) is 2.99. The second kappa shape index (κ2) is 4.68. The quantitative estimate of drug-likeness (QED) is 0.836. The van der Waals surface area contributed by atoms with Crippen LogP contribution in [0.4, 0.5) is 4.39 Å². The second-order valence-electron chi connectivity index (χ2n) is 4.27. The molecule has 0 radical (unpaired) electrons. The highest BCUT2D eigenvalue weighted by Gasteiger charge is 2.13. The number of rotatable bonds is 2.